The Hall–Kier alpha value is -1.41. The molecule has 8 heteroatoms. The van der Waals surface area contributed by atoms with Crippen molar-refractivity contribution in [3.05, 3.63) is 18.0 Å². The second-order valence-electron chi connectivity index (χ2n) is 8.20. The van der Waals surface area contributed by atoms with Crippen LogP contribution < -0.4 is 0 Å². The summed E-state index contributed by atoms with van der Waals surface area (Å²) in [5.74, 6) is 0.380. The van der Waals surface area contributed by atoms with E-state index in [4.69, 9.17) is 0 Å². The van der Waals surface area contributed by atoms with Gasteiger partial charge < -0.3 is 9.80 Å². The predicted octanol–water partition coefficient (Wildman–Crippen LogP) is 0.693. The molecule has 1 atom stereocenters. The smallest absolute Gasteiger partial charge is 0.244 e. The Bertz CT molecular complexity index is 776. The first-order valence-electron chi connectivity index (χ1n) is 9.61. The van der Waals surface area contributed by atoms with E-state index in [0.29, 0.717) is 13.1 Å². The van der Waals surface area contributed by atoms with Crippen LogP contribution >= 0.6 is 0 Å². The SMILES string of the molecule is Cc1cnn(CC(=O)N2CC3(C2)C(CN2CCCCC2)CCS3(=O)=O)c1. The van der Waals surface area contributed by atoms with Crippen LogP contribution in [0.15, 0.2) is 12.4 Å². The van der Waals surface area contributed by atoms with Gasteiger partial charge in [0.25, 0.3) is 0 Å². The Morgan fingerprint density at radius 2 is 2.00 bits per heavy atom. The maximum absolute atomic E-state index is 12.8. The van der Waals surface area contributed by atoms with E-state index in [1.165, 1.54) is 19.3 Å². The molecule has 0 radical (unpaired) electrons. The molecule has 0 aliphatic carbocycles. The predicted molar refractivity (Wildman–Crippen MR) is 98.5 cm³/mol. The Morgan fingerprint density at radius 3 is 2.65 bits per heavy atom. The summed E-state index contributed by atoms with van der Waals surface area (Å²) in [4.78, 5) is 16.6. The van der Waals surface area contributed by atoms with Gasteiger partial charge >= 0.3 is 0 Å². The van der Waals surface area contributed by atoms with Crippen molar-refractivity contribution in [2.24, 2.45) is 5.92 Å². The molecule has 3 aliphatic heterocycles. The minimum Gasteiger partial charge on any atom is -0.338 e. The van der Waals surface area contributed by atoms with Crippen LogP contribution in [0.1, 0.15) is 31.2 Å². The molecule has 0 saturated carbocycles. The van der Waals surface area contributed by atoms with Crippen molar-refractivity contribution in [2.45, 2.75) is 43.9 Å². The van der Waals surface area contributed by atoms with Gasteiger partial charge in [0.15, 0.2) is 9.84 Å². The maximum atomic E-state index is 12.8. The lowest BCUT2D eigenvalue weighted by atomic mass is 9.82. The summed E-state index contributed by atoms with van der Waals surface area (Å²) in [6.45, 7) is 5.84. The fourth-order valence-electron chi connectivity index (χ4n) is 4.75. The zero-order valence-electron chi connectivity index (χ0n) is 15.4. The molecule has 144 valence electrons. The third kappa shape index (κ3) is 3.07. The molecular weight excluding hydrogens is 352 g/mol. The molecule has 1 aromatic rings. The fourth-order valence-corrected chi connectivity index (χ4v) is 7.16. The zero-order chi connectivity index (χ0) is 18.4. The van der Waals surface area contributed by atoms with Crippen molar-refractivity contribution in [3.63, 3.8) is 0 Å². The first kappa shape index (κ1) is 18.0. The number of carbonyl (C=O) groups excluding carboxylic acids is 1. The minimum absolute atomic E-state index is 0.0439. The molecule has 1 spiro atoms. The second-order valence-corrected chi connectivity index (χ2v) is 10.6. The van der Waals surface area contributed by atoms with Gasteiger partial charge in [0.05, 0.1) is 11.9 Å². The second kappa shape index (κ2) is 6.64. The fraction of sp³-hybridized carbons (Fsp3) is 0.778. The van der Waals surface area contributed by atoms with Crippen molar-refractivity contribution >= 4 is 15.7 Å². The molecule has 4 rings (SSSR count). The van der Waals surface area contributed by atoms with Gasteiger partial charge in [0, 0.05) is 25.8 Å². The summed E-state index contributed by atoms with van der Waals surface area (Å²) in [6, 6.07) is 0. The lowest BCUT2D eigenvalue weighted by Crippen LogP contribution is -2.69. The van der Waals surface area contributed by atoms with Crippen LogP contribution in [0.5, 0.6) is 0 Å². The van der Waals surface area contributed by atoms with Gasteiger partial charge in [-0.3, -0.25) is 9.48 Å². The Balaban J connectivity index is 1.42. The molecular formula is C18H28N4O3S. The highest BCUT2D eigenvalue weighted by Crippen LogP contribution is 2.45. The van der Waals surface area contributed by atoms with Gasteiger partial charge in [-0.2, -0.15) is 5.10 Å². The van der Waals surface area contributed by atoms with Gasteiger partial charge in [-0.05, 0) is 50.8 Å². The number of amides is 1. The van der Waals surface area contributed by atoms with Crippen LogP contribution in [-0.4, -0.2) is 77.1 Å². The third-order valence-electron chi connectivity index (χ3n) is 6.36. The number of likely N-dealkylation sites (tertiary alicyclic amines) is 2. The molecule has 0 aromatic carbocycles. The summed E-state index contributed by atoms with van der Waals surface area (Å²) in [5.41, 5.74) is 1.01. The van der Waals surface area contributed by atoms with E-state index in [-0.39, 0.29) is 24.1 Å². The van der Waals surface area contributed by atoms with Gasteiger partial charge in [-0.1, -0.05) is 6.42 Å². The van der Waals surface area contributed by atoms with Gasteiger partial charge in [-0.15, -0.1) is 0 Å². The van der Waals surface area contributed by atoms with Crippen molar-refractivity contribution in [3.8, 4) is 0 Å². The number of sulfone groups is 1. The molecule has 7 nitrogen and oxygen atoms in total. The Kier molecular flexibility index (Phi) is 4.59. The number of hydrogen-bond acceptors (Lipinski definition) is 5. The molecule has 26 heavy (non-hydrogen) atoms. The van der Waals surface area contributed by atoms with E-state index in [2.05, 4.69) is 10.00 Å². The molecule has 1 amide bonds. The highest BCUT2D eigenvalue weighted by molar-refractivity contribution is 7.93. The van der Waals surface area contributed by atoms with E-state index in [0.717, 1.165) is 31.6 Å². The highest BCUT2D eigenvalue weighted by Gasteiger charge is 2.62. The number of nitrogens with zero attached hydrogens (tertiary/aromatic N) is 4. The molecule has 0 bridgehead atoms. The molecule has 1 unspecified atom stereocenters. The zero-order valence-corrected chi connectivity index (χ0v) is 16.2. The van der Waals surface area contributed by atoms with Crippen LogP contribution in [0.2, 0.25) is 0 Å². The Morgan fingerprint density at radius 1 is 1.27 bits per heavy atom. The summed E-state index contributed by atoms with van der Waals surface area (Å²) < 4.78 is 26.5. The highest BCUT2D eigenvalue weighted by atomic mass is 32.2. The number of piperidine rings is 1. The molecule has 4 heterocycles. The summed E-state index contributed by atoms with van der Waals surface area (Å²) >= 11 is 0. The Labute approximate surface area is 155 Å². The average Bonchev–Trinajstić information content (AvgIpc) is 3.07. The molecule has 3 aliphatic rings. The molecule has 0 N–H and O–H groups in total. The lowest BCUT2D eigenvalue weighted by molar-refractivity contribution is -0.138. The van der Waals surface area contributed by atoms with Gasteiger partial charge in [0.1, 0.15) is 11.3 Å². The number of carbonyl (C=O) groups is 1. The van der Waals surface area contributed by atoms with Crippen molar-refractivity contribution in [1.29, 1.82) is 0 Å². The van der Waals surface area contributed by atoms with Crippen LogP contribution in [0.3, 0.4) is 0 Å². The molecule has 3 saturated heterocycles. The largest absolute Gasteiger partial charge is 0.338 e. The first-order chi connectivity index (χ1) is 12.4. The summed E-state index contributed by atoms with van der Waals surface area (Å²) in [6.07, 6.45) is 7.99. The van der Waals surface area contributed by atoms with E-state index in [1.807, 2.05) is 13.1 Å². The molecule has 1 aromatic heterocycles. The van der Waals surface area contributed by atoms with Crippen LogP contribution in [0, 0.1) is 12.8 Å². The average molecular weight is 381 g/mol. The van der Waals surface area contributed by atoms with Crippen molar-refractivity contribution in [1.82, 2.24) is 19.6 Å². The van der Waals surface area contributed by atoms with Gasteiger partial charge in [-0.25, -0.2) is 8.42 Å². The van der Waals surface area contributed by atoms with Crippen molar-refractivity contribution in [2.75, 3.05) is 38.5 Å². The van der Waals surface area contributed by atoms with Crippen LogP contribution in [0.4, 0.5) is 0 Å². The topological polar surface area (TPSA) is 75.5 Å². The van der Waals surface area contributed by atoms with Crippen LogP contribution in [-0.2, 0) is 21.2 Å². The lowest BCUT2D eigenvalue weighted by Gasteiger charge is -2.50. The number of aromatic nitrogens is 2. The number of hydrogen-bond donors (Lipinski definition) is 0. The number of aryl methyl sites for hydroxylation is 1. The standard InChI is InChI=1S/C18H28N4O3S/c1-15-9-19-22(10-15)12-17(23)21-13-18(14-21)16(5-8-26(18,24)25)11-20-6-3-2-4-7-20/h9-10,16H,2-8,11-14H2,1H3. The quantitative estimate of drug-likeness (QED) is 0.768. The molecule has 3 fully saturated rings. The first-order valence-corrected chi connectivity index (χ1v) is 11.3. The van der Waals surface area contributed by atoms with E-state index in [9.17, 15) is 13.2 Å². The summed E-state index contributed by atoms with van der Waals surface area (Å²) in [7, 11) is -3.13. The van der Waals surface area contributed by atoms with E-state index >= 15 is 0 Å². The minimum atomic E-state index is -3.13. The van der Waals surface area contributed by atoms with Gasteiger partial charge in [0.2, 0.25) is 5.91 Å². The summed E-state index contributed by atoms with van der Waals surface area (Å²) in [5, 5.41) is 4.15. The van der Waals surface area contributed by atoms with E-state index in [1.54, 1.807) is 15.8 Å². The van der Waals surface area contributed by atoms with Crippen LogP contribution in [0.25, 0.3) is 0 Å². The number of rotatable bonds is 4. The van der Waals surface area contributed by atoms with E-state index < -0.39 is 14.6 Å². The third-order valence-corrected chi connectivity index (χ3v) is 8.96. The normalized spacial score (nSPS) is 27.6. The monoisotopic (exact) mass is 380 g/mol. The van der Waals surface area contributed by atoms with Crippen molar-refractivity contribution < 1.29 is 13.2 Å². The maximum Gasteiger partial charge on any atom is 0.244 e.